The largest absolute Gasteiger partial charge is 0.481 e. The molecule has 0 aliphatic heterocycles. The SMILES string of the molecule is C[C@H](Oc1ccc(Cl)cc1)C(=O)NNC(=O)[C@@H](C)Oc1ccc2ccccc2c1. The normalized spacial score (nSPS) is 12.7. The van der Waals surface area contributed by atoms with Crippen molar-refractivity contribution in [2.75, 3.05) is 0 Å². The molecule has 2 amide bonds. The molecule has 0 spiro atoms. The molecule has 29 heavy (non-hydrogen) atoms. The molecular weight excluding hydrogens is 392 g/mol. The minimum Gasteiger partial charge on any atom is -0.481 e. The van der Waals surface area contributed by atoms with Crippen LogP contribution >= 0.6 is 11.6 Å². The van der Waals surface area contributed by atoms with Crippen LogP contribution in [0.3, 0.4) is 0 Å². The average molecular weight is 413 g/mol. The van der Waals surface area contributed by atoms with E-state index < -0.39 is 24.0 Å². The first-order chi connectivity index (χ1) is 13.9. The minimum atomic E-state index is -0.812. The van der Waals surface area contributed by atoms with E-state index in [1.165, 1.54) is 0 Å². The zero-order chi connectivity index (χ0) is 20.8. The van der Waals surface area contributed by atoms with Gasteiger partial charge in [-0.25, -0.2) is 0 Å². The number of halogens is 1. The summed E-state index contributed by atoms with van der Waals surface area (Å²) in [4.78, 5) is 24.4. The van der Waals surface area contributed by atoms with Crippen LogP contribution in [-0.2, 0) is 9.59 Å². The van der Waals surface area contributed by atoms with Crippen molar-refractivity contribution in [3.8, 4) is 11.5 Å². The molecule has 2 N–H and O–H groups in total. The Bertz CT molecular complexity index is 1010. The molecule has 0 aliphatic carbocycles. The molecule has 0 bridgehead atoms. The second-order valence-electron chi connectivity index (χ2n) is 6.46. The maximum absolute atomic E-state index is 12.2. The Kier molecular flexibility index (Phi) is 6.57. The second-order valence-corrected chi connectivity index (χ2v) is 6.90. The number of amides is 2. The van der Waals surface area contributed by atoms with E-state index in [0.717, 1.165) is 10.8 Å². The zero-order valence-corrected chi connectivity index (χ0v) is 16.8. The molecule has 0 aromatic heterocycles. The molecule has 0 saturated heterocycles. The lowest BCUT2D eigenvalue weighted by Crippen LogP contribution is -2.50. The highest BCUT2D eigenvalue weighted by molar-refractivity contribution is 6.30. The molecule has 150 valence electrons. The van der Waals surface area contributed by atoms with E-state index in [2.05, 4.69) is 10.9 Å². The molecule has 3 aromatic carbocycles. The molecule has 0 radical (unpaired) electrons. The third-order valence-corrected chi connectivity index (χ3v) is 4.46. The van der Waals surface area contributed by atoms with Crippen LogP contribution in [0.25, 0.3) is 10.8 Å². The zero-order valence-electron chi connectivity index (χ0n) is 16.0. The molecule has 6 nitrogen and oxygen atoms in total. The maximum Gasteiger partial charge on any atom is 0.279 e. The van der Waals surface area contributed by atoms with Crippen LogP contribution in [0, 0.1) is 0 Å². The van der Waals surface area contributed by atoms with Crippen molar-refractivity contribution >= 4 is 34.2 Å². The number of carbonyl (C=O) groups is 2. The quantitative estimate of drug-likeness (QED) is 0.602. The Morgan fingerprint density at radius 2 is 1.28 bits per heavy atom. The number of hydrogen-bond acceptors (Lipinski definition) is 4. The van der Waals surface area contributed by atoms with Gasteiger partial charge in [0.25, 0.3) is 11.8 Å². The predicted octanol–water partition coefficient (Wildman–Crippen LogP) is 3.88. The van der Waals surface area contributed by atoms with Crippen molar-refractivity contribution in [2.24, 2.45) is 0 Å². The van der Waals surface area contributed by atoms with Crippen LogP contribution in [0.5, 0.6) is 11.5 Å². The van der Waals surface area contributed by atoms with Crippen molar-refractivity contribution < 1.29 is 19.1 Å². The van der Waals surface area contributed by atoms with E-state index in [9.17, 15) is 9.59 Å². The van der Waals surface area contributed by atoms with Crippen molar-refractivity contribution in [1.82, 2.24) is 10.9 Å². The summed E-state index contributed by atoms with van der Waals surface area (Å²) in [6.07, 6.45) is -1.61. The third-order valence-electron chi connectivity index (χ3n) is 4.21. The highest BCUT2D eigenvalue weighted by Gasteiger charge is 2.19. The number of fused-ring (bicyclic) bond motifs is 1. The predicted molar refractivity (Wildman–Crippen MR) is 112 cm³/mol. The van der Waals surface area contributed by atoms with Crippen molar-refractivity contribution in [1.29, 1.82) is 0 Å². The summed E-state index contributed by atoms with van der Waals surface area (Å²) in [6.45, 7) is 3.18. The highest BCUT2D eigenvalue weighted by Crippen LogP contribution is 2.21. The van der Waals surface area contributed by atoms with Gasteiger partial charge in [-0.15, -0.1) is 0 Å². The fourth-order valence-electron chi connectivity index (χ4n) is 2.60. The first-order valence-corrected chi connectivity index (χ1v) is 9.47. The van der Waals surface area contributed by atoms with E-state index >= 15 is 0 Å². The second kappa shape index (κ2) is 9.30. The maximum atomic E-state index is 12.2. The smallest absolute Gasteiger partial charge is 0.279 e. The highest BCUT2D eigenvalue weighted by atomic mass is 35.5. The fourth-order valence-corrected chi connectivity index (χ4v) is 2.72. The number of hydrogen-bond donors (Lipinski definition) is 2. The van der Waals surface area contributed by atoms with Crippen LogP contribution in [0.2, 0.25) is 5.02 Å². The Morgan fingerprint density at radius 1 is 0.759 bits per heavy atom. The molecule has 0 fully saturated rings. The van der Waals surface area contributed by atoms with E-state index in [4.69, 9.17) is 21.1 Å². The first kappa shape index (κ1) is 20.5. The van der Waals surface area contributed by atoms with Gasteiger partial charge in [0, 0.05) is 5.02 Å². The van der Waals surface area contributed by atoms with Gasteiger partial charge in [-0.1, -0.05) is 41.9 Å². The third kappa shape index (κ3) is 5.62. The van der Waals surface area contributed by atoms with Gasteiger partial charge in [0.1, 0.15) is 11.5 Å². The summed E-state index contributed by atoms with van der Waals surface area (Å²) < 4.78 is 11.2. The molecule has 2 atom stereocenters. The topological polar surface area (TPSA) is 76.7 Å². The lowest BCUT2D eigenvalue weighted by molar-refractivity contribution is -0.135. The van der Waals surface area contributed by atoms with Gasteiger partial charge in [0.15, 0.2) is 12.2 Å². The lowest BCUT2D eigenvalue weighted by Gasteiger charge is -2.18. The average Bonchev–Trinajstić information content (AvgIpc) is 2.73. The molecule has 0 saturated carbocycles. The van der Waals surface area contributed by atoms with Gasteiger partial charge in [0.2, 0.25) is 0 Å². The van der Waals surface area contributed by atoms with Crippen LogP contribution < -0.4 is 20.3 Å². The minimum absolute atomic E-state index is 0.481. The number of nitrogens with one attached hydrogen (secondary N) is 2. The number of hydrazine groups is 1. The van der Waals surface area contributed by atoms with E-state index in [0.29, 0.717) is 16.5 Å². The van der Waals surface area contributed by atoms with Crippen LogP contribution in [-0.4, -0.2) is 24.0 Å². The number of ether oxygens (including phenoxy) is 2. The summed E-state index contributed by atoms with van der Waals surface area (Å²) in [6, 6.07) is 20.1. The van der Waals surface area contributed by atoms with Gasteiger partial charge in [-0.3, -0.25) is 20.4 Å². The first-order valence-electron chi connectivity index (χ1n) is 9.10. The molecule has 3 aromatic rings. The summed E-state index contributed by atoms with van der Waals surface area (Å²) in [7, 11) is 0. The van der Waals surface area contributed by atoms with Crippen LogP contribution in [0.1, 0.15) is 13.8 Å². The van der Waals surface area contributed by atoms with Crippen LogP contribution in [0.15, 0.2) is 66.7 Å². The van der Waals surface area contributed by atoms with Gasteiger partial charge in [0.05, 0.1) is 0 Å². The summed E-state index contributed by atoms with van der Waals surface area (Å²) in [5.74, 6) is 0.0879. The molecule has 3 rings (SSSR count). The standard InChI is InChI=1S/C22H21ClN2O4/c1-14(28-19-11-8-18(23)9-12-19)21(26)24-25-22(27)15(2)29-20-10-7-16-5-3-4-6-17(16)13-20/h3-15H,1-2H3,(H,24,26)(H,25,27)/t14-,15+/m0/s1. The van der Waals surface area contributed by atoms with E-state index in [1.54, 1.807) is 44.2 Å². The lowest BCUT2D eigenvalue weighted by atomic mass is 10.1. The Balaban J connectivity index is 1.49. The number of benzene rings is 3. The van der Waals surface area contributed by atoms with Crippen molar-refractivity contribution in [3.63, 3.8) is 0 Å². The van der Waals surface area contributed by atoms with Crippen molar-refractivity contribution in [3.05, 3.63) is 71.8 Å². The number of carbonyl (C=O) groups excluding carboxylic acids is 2. The van der Waals surface area contributed by atoms with E-state index in [1.807, 2.05) is 36.4 Å². The van der Waals surface area contributed by atoms with Gasteiger partial charge in [-0.05, 0) is 61.0 Å². The number of rotatable bonds is 6. The molecular formula is C22H21ClN2O4. The fraction of sp³-hybridized carbons (Fsp3) is 0.182. The molecule has 0 aliphatic rings. The summed E-state index contributed by atoms with van der Waals surface area (Å²) >= 11 is 5.82. The monoisotopic (exact) mass is 412 g/mol. The Labute approximate surface area is 173 Å². The molecule has 0 unspecified atom stereocenters. The van der Waals surface area contributed by atoms with Gasteiger partial charge < -0.3 is 9.47 Å². The summed E-state index contributed by atoms with van der Waals surface area (Å²) in [5, 5.41) is 2.67. The van der Waals surface area contributed by atoms with E-state index in [-0.39, 0.29) is 0 Å². The Hall–Kier alpha value is -3.25. The molecule has 7 heteroatoms. The summed E-state index contributed by atoms with van der Waals surface area (Å²) in [5.41, 5.74) is 4.69. The van der Waals surface area contributed by atoms with Gasteiger partial charge >= 0.3 is 0 Å². The van der Waals surface area contributed by atoms with Crippen molar-refractivity contribution in [2.45, 2.75) is 26.1 Å². The van der Waals surface area contributed by atoms with Gasteiger partial charge in [-0.2, -0.15) is 0 Å². The molecule has 0 heterocycles. The van der Waals surface area contributed by atoms with Crippen LogP contribution in [0.4, 0.5) is 0 Å². The Morgan fingerprint density at radius 3 is 1.90 bits per heavy atom.